The maximum atomic E-state index is 12.3. The molecule has 1 unspecified atom stereocenters. The van der Waals surface area contributed by atoms with Crippen LogP contribution in [0.1, 0.15) is 43.7 Å². The number of nitrogens with two attached hydrogens (primary N) is 1. The van der Waals surface area contributed by atoms with Crippen molar-refractivity contribution in [3.63, 3.8) is 0 Å². The first-order valence-corrected chi connectivity index (χ1v) is 7.17. The maximum absolute atomic E-state index is 12.3. The topological polar surface area (TPSA) is 46.3 Å². The van der Waals surface area contributed by atoms with E-state index in [0.29, 0.717) is 12.5 Å². The van der Waals surface area contributed by atoms with E-state index in [9.17, 15) is 4.79 Å². The summed E-state index contributed by atoms with van der Waals surface area (Å²) in [6.45, 7) is 4.78. The zero-order chi connectivity index (χ0) is 13.8. The minimum Gasteiger partial charge on any atom is -0.335 e. The summed E-state index contributed by atoms with van der Waals surface area (Å²) in [5, 5.41) is 0. The van der Waals surface area contributed by atoms with Gasteiger partial charge in [0.25, 0.3) is 0 Å². The Hall–Kier alpha value is -1.35. The third kappa shape index (κ3) is 4.35. The van der Waals surface area contributed by atoms with Crippen LogP contribution in [0, 0.1) is 6.92 Å². The zero-order valence-electron chi connectivity index (χ0n) is 11.9. The molecule has 1 aromatic carbocycles. The highest BCUT2D eigenvalue weighted by atomic mass is 16.2. The Morgan fingerprint density at radius 2 is 2.21 bits per heavy atom. The molecule has 2 N–H and O–H groups in total. The second kappa shape index (κ2) is 6.20. The van der Waals surface area contributed by atoms with Crippen LogP contribution in [0.4, 0.5) is 0 Å². The van der Waals surface area contributed by atoms with E-state index in [1.807, 2.05) is 11.8 Å². The molecule has 3 nitrogen and oxygen atoms in total. The Morgan fingerprint density at radius 1 is 1.47 bits per heavy atom. The van der Waals surface area contributed by atoms with Gasteiger partial charge >= 0.3 is 0 Å². The quantitative estimate of drug-likeness (QED) is 0.854. The maximum Gasteiger partial charge on any atom is 0.223 e. The van der Waals surface area contributed by atoms with E-state index in [1.54, 1.807) is 0 Å². The molecule has 19 heavy (non-hydrogen) atoms. The number of benzene rings is 1. The summed E-state index contributed by atoms with van der Waals surface area (Å²) in [5.41, 5.74) is 8.20. The highest BCUT2D eigenvalue weighted by Crippen LogP contribution is 2.29. The Kier molecular flexibility index (Phi) is 4.59. The van der Waals surface area contributed by atoms with Crippen molar-refractivity contribution in [2.45, 2.75) is 58.2 Å². The van der Waals surface area contributed by atoms with Gasteiger partial charge < -0.3 is 10.6 Å². The normalized spacial score (nSPS) is 16.2. The van der Waals surface area contributed by atoms with Gasteiger partial charge in [-0.15, -0.1) is 0 Å². The number of hydrogen-bond donors (Lipinski definition) is 1. The standard InChI is InChI=1S/C16H24N2O/c1-12-4-3-5-14(10-12)11-18(15-7-8-15)16(19)9-6-13(2)17/h3-5,10,13,15H,6-9,11,17H2,1-2H3. The first kappa shape index (κ1) is 14.1. The first-order chi connectivity index (χ1) is 9.06. The van der Waals surface area contributed by atoms with Crippen LogP contribution in [0.2, 0.25) is 0 Å². The molecule has 0 heterocycles. The van der Waals surface area contributed by atoms with E-state index >= 15 is 0 Å². The molecule has 1 fully saturated rings. The van der Waals surface area contributed by atoms with Gasteiger partial charge in [0.05, 0.1) is 0 Å². The third-order valence-electron chi connectivity index (χ3n) is 3.56. The molecule has 3 heteroatoms. The number of carbonyl (C=O) groups is 1. The Labute approximate surface area is 115 Å². The molecule has 1 aliphatic carbocycles. The Morgan fingerprint density at radius 3 is 2.79 bits per heavy atom. The van der Waals surface area contributed by atoms with Crippen molar-refractivity contribution in [3.05, 3.63) is 35.4 Å². The first-order valence-electron chi connectivity index (χ1n) is 7.17. The fraction of sp³-hybridized carbons (Fsp3) is 0.562. The second-order valence-corrected chi connectivity index (χ2v) is 5.76. The van der Waals surface area contributed by atoms with Gasteiger partial charge in [0, 0.05) is 25.0 Å². The second-order valence-electron chi connectivity index (χ2n) is 5.76. The smallest absolute Gasteiger partial charge is 0.223 e. The van der Waals surface area contributed by atoms with Crippen LogP contribution in [-0.2, 0) is 11.3 Å². The lowest BCUT2D eigenvalue weighted by atomic mass is 10.1. The number of aryl methyl sites for hydroxylation is 1. The lowest BCUT2D eigenvalue weighted by molar-refractivity contribution is -0.132. The van der Waals surface area contributed by atoms with Crippen LogP contribution in [0.5, 0.6) is 0 Å². The Balaban J connectivity index is 1.98. The van der Waals surface area contributed by atoms with E-state index < -0.39 is 0 Å². The van der Waals surface area contributed by atoms with Gasteiger partial charge in [-0.3, -0.25) is 4.79 Å². The molecule has 2 rings (SSSR count). The summed E-state index contributed by atoms with van der Waals surface area (Å²) < 4.78 is 0. The molecule has 0 bridgehead atoms. The molecule has 1 aliphatic rings. The SMILES string of the molecule is Cc1cccc(CN(C(=O)CCC(C)N)C2CC2)c1. The molecular weight excluding hydrogens is 236 g/mol. The molecule has 0 radical (unpaired) electrons. The summed E-state index contributed by atoms with van der Waals surface area (Å²) in [4.78, 5) is 14.3. The van der Waals surface area contributed by atoms with Crippen molar-refractivity contribution in [2.24, 2.45) is 5.73 Å². The summed E-state index contributed by atoms with van der Waals surface area (Å²) in [5.74, 6) is 0.251. The van der Waals surface area contributed by atoms with Crippen LogP contribution >= 0.6 is 0 Å². The summed E-state index contributed by atoms with van der Waals surface area (Å²) in [6, 6.07) is 8.96. The molecule has 1 aromatic rings. The largest absolute Gasteiger partial charge is 0.335 e. The molecular formula is C16H24N2O. The lowest BCUT2D eigenvalue weighted by Gasteiger charge is -2.23. The van der Waals surface area contributed by atoms with E-state index in [1.165, 1.54) is 11.1 Å². The van der Waals surface area contributed by atoms with Gasteiger partial charge in [-0.1, -0.05) is 29.8 Å². The zero-order valence-corrected chi connectivity index (χ0v) is 11.9. The van der Waals surface area contributed by atoms with Gasteiger partial charge in [0.15, 0.2) is 0 Å². The van der Waals surface area contributed by atoms with Gasteiger partial charge in [0.1, 0.15) is 0 Å². The lowest BCUT2D eigenvalue weighted by Crippen LogP contribution is -2.33. The average Bonchev–Trinajstić information content (AvgIpc) is 3.17. The van der Waals surface area contributed by atoms with Crippen molar-refractivity contribution in [1.82, 2.24) is 4.90 Å². The number of carbonyl (C=O) groups excluding carboxylic acids is 1. The fourth-order valence-corrected chi connectivity index (χ4v) is 2.31. The van der Waals surface area contributed by atoms with Crippen LogP contribution < -0.4 is 5.73 Å². The highest BCUT2D eigenvalue weighted by molar-refractivity contribution is 5.77. The molecule has 1 saturated carbocycles. The van der Waals surface area contributed by atoms with Crippen molar-refractivity contribution in [1.29, 1.82) is 0 Å². The van der Waals surface area contributed by atoms with Crippen molar-refractivity contribution < 1.29 is 4.79 Å². The van der Waals surface area contributed by atoms with Crippen LogP contribution in [-0.4, -0.2) is 22.9 Å². The van der Waals surface area contributed by atoms with Gasteiger partial charge in [-0.2, -0.15) is 0 Å². The van der Waals surface area contributed by atoms with Gasteiger partial charge in [-0.05, 0) is 38.7 Å². The summed E-state index contributed by atoms with van der Waals surface area (Å²) in [7, 11) is 0. The number of rotatable bonds is 6. The van der Waals surface area contributed by atoms with E-state index in [2.05, 4.69) is 31.2 Å². The number of nitrogens with zero attached hydrogens (tertiary/aromatic N) is 1. The van der Waals surface area contributed by atoms with Gasteiger partial charge in [-0.25, -0.2) is 0 Å². The number of amides is 1. The van der Waals surface area contributed by atoms with Crippen molar-refractivity contribution in [2.75, 3.05) is 0 Å². The van der Waals surface area contributed by atoms with Crippen LogP contribution in [0.15, 0.2) is 24.3 Å². The van der Waals surface area contributed by atoms with Crippen LogP contribution in [0.25, 0.3) is 0 Å². The molecule has 0 aliphatic heterocycles. The minimum atomic E-state index is 0.101. The molecule has 104 valence electrons. The molecule has 1 atom stereocenters. The predicted molar refractivity (Wildman–Crippen MR) is 77.6 cm³/mol. The number of hydrogen-bond acceptors (Lipinski definition) is 2. The third-order valence-corrected chi connectivity index (χ3v) is 3.56. The molecule has 0 saturated heterocycles. The summed E-state index contributed by atoms with van der Waals surface area (Å²) >= 11 is 0. The molecule has 0 aromatic heterocycles. The van der Waals surface area contributed by atoms with Crippen molar-refractivity contribution in [3.8, 4) is 0 Å². The highest BCUT2D eigenvalue weighted by Gasteiger charge is 2.32. The van der Waals surface area contributed by atoms with E-state index in [0.717, 1.165) is 25.8 Å². The molecule has 0 spiro atoms. The Bertz CT molecular complexity index is 438. The molecule has 1 amide bonds. The fourth-order valence-electron chi connectivity index (χ4n) is 2.31. The monoisotopic (exact) mass is 260 g/mol. The minimum absolute atomic E-state index is 0.101. The van der Waals surface area contributed by atoms with Crippen molar-refractivity contribution >= 4 is 5.91 Å². The average molecular weight is 260 g/mol. The van der Waals surface area contributed by atoms with E-state index in [4.69, 9.17) is 5.73 Å². The van der Waals surface area contributed by atoms with Gasteiger partial charge in [0.2, 0.25) is 5.91 Å². The van der Waals surface area contributed by atoms with E-state index in [-0.39, 0.29) is 11.9 Å². The predicted octanol–water partition coefficient (Wildman–Crippen LogP) is 2.61. The summed E-state index contributed by atoms with van der Waals surface area (Å²) in [6.07, 6.45) is 3.64. The van der Waals surface area contributed by atoms with Crippen LogP contribution in [0.3, 0.4) is 0 Å².